The fourth-order valence-electron chi connectivity index (χ4n) is 2.27. The summed E-state index contributed by atoms with van der Waals surface area (Å²) in [6, 6.07) is 6.83. The number of para-hydroxylation sites is 1. The molecule has 5 N–H and O–H groups in total. The lowest BCUT2D eigenvalue weighted by Gasteiger charge is -2.25. The van der Waals surface area contributed by atoms with E-state index in [0.29, 0.717) is 6.42 Å². The number of aliphatic carboxylic acids is 2. The Balaban J connectivity index is 3.01. The van der Waals surface area contributed by atoms with Crippen LogP contribution in [0.4, 0.5) is 0 Å². The molecule has 1 aromatic carbocycles. The summed E-state index contributed by atoms with van der Waals surface area (Å²) in [7, 11) is -3.98. The predicted octanol–water partition coefficient (Wildman–Crippen LogP) is 1.84. The maximum Gasteiger partial charge on any atom is 0.380 e. The highest BCUT2D eigenvalue weighted by atomic mass is 31.2. The molecule has 3 atom stereocenters. The van der Waals surface area contributed by atoms with E-state index in [4.69, 9.17) is 25.0 Å². The number of rotatable bonds is 14. The fourth-order valence-corrected chi connectivity index (χ4v) is 4.14. The number of benzene rings is 1. The molecule has 11 heteroatoms. The number of carbonyl (C=O) groups excluding carboxylic acids is 1. The van der Waals surface area contributed by atoms with E-state index in [9.17, 15) is 18.9 Å². The molecular formula is C18H27N2O8P. The molecule has 10 nitrogen and oxygen atoms in total. The monoisotopic (exact) mass is 430 g/mol. The molecule has 0 heterocycles. The summed E-state index contributed by atoms with van der Waals surface area (Å²) < 4.78 is 24.4. The SMILES string of the molecule is CCCC[C@H](O[P@](=O)(CCC(N)C(=O)O)Oc1ccccc1)C(=O)NCC(=O)O. The summed E-state index contributed by atoms with van der Waals surface area (Å²) in [6.45, 7) is 1.27. The van der Waals surface area contributed by atoms with Crippen LogP contribution in [0.2, 0.25) is 0 Å². The van der Waals surface area contributed by atoms with Gasteiger partial charge in [-0.1, -0.05) is 38.0 Å². The van der Waals surface area contributed by atoms with Crippen molar-refractivity contribution in [3.8, 4) is 5.75 Å². The van der Waals surface area contributed by atoms with Crippen molar-refractivity contribution < 1.29 is 38.2 Å². The average Bonchev–Trinajstić information content (AvgIpc) is 2.68. The molecule has 0 saturated heterocycles. The molecule has 1 amide bonds. The lowest BCUT2D eigenvalue weighted by atomic mass is 10.1. The summed E-state index contributed by atoms with van der Waals surface area (Å²) >= 11 is 0. The predicted molar refractivity (Wildman–Crippen MR) is 105 cm³/mol. The van der Waals surface area contributed by atoms with Gasteiger partial charge in [-0.3, -0.25) is 18.9 Å². The molecule has 0 saturated carbocycles. The second-order valence-corrected chi connectivity index (χ2v) is 8.38. The van der Waals surface area contributed by atoms with Gasteiger partial charge in [-0.15, -0.1) is 0 Å². The lowest BCUT2D eigenvalue weighted by Crippen LogP contribution is -2.39. The molecule has 0 spiro atoms. The van der Waals surface area contributed by atoms with E-state index in [2.05, 4.69) is 5.32 Å². The Kier molecular flexibility index (Phi) is 10.4. The van der Waals surface area contributed by atoms with Crippen LogP contribution in [0.1, 0.15) is 32.6 Å². The van der Waals surface area contributed by atoms with Gasteiger partial charge in [0.2, 0.25) is 5.91 Å². The first-order chi connectivity index (χ1) is 13.7. The lowest BCUT2D eigenvalue weighted by molar-refractivity contribution is -0.139. The van der Waals surface area contributed by atoms with Gasteiger partial charge in [-0.05, 0) is 25.0 Å². The van der Waals surface area contributed by atoms with E-state index in [0.717, 1.165) is 6.42 Å². The Labute approximate surface area is 168 Å². The number of hydrogen-bond acceptors (Lipinski definition) is 7. The van der Waals surface area contributed by atoms with Crippen LogP contribution in [0.15, 0.2) is 30.3 Å². The van der Waals surface area contributed by atoms with Gasteiger partial charge in [-0.2, -0.15) is 0 Å². The highest BCUT2D eigenvalue weighted by molar-refractivity contribution is 7.54. The molecule has 0 aliphatic rings. The van der Waals surface area contributed by atoms with Gasteiger partial charge < -0.3 is 25.8 Å². The van der Waals surface area contributed by atoms with Gasteiger partial charge in [0, 0.05) is 0 Å². The summed E-state index contributed by atoms with van der Waals surface area (Å²) in [4.78, 5) is 34.0. The number of amides is 1. The van der Waals surface area contributed by atoms with Crippen LogP contribution in [0.3, 0.4) is 0 Å². The molecule has 0 bridgehead atoms. The first-order valence-electron chi connectivity index (χ1n) is 9.17. The number of nitrogens with one attached hydrogen (secondary N) is 1. The topological polar surface area (TPSA) is 165 Å². The van der Waals surface area contributed by atoms with Crippen LogP contribution in [0.5, 0.6) is 5.75 Å². The molecule has 29 heavy (non-hydrogen) atoms. The maximum absolute atomic E-state index is 13.3. The Morgan fingerprint density at radius 2 is 1.83 bits per heavy atom. The molecule has 1 rings (SSSR count). The van der Waals surface area contributed by atoms with E-state index in [1.807, 2.05) is 6.92 Å². The Morgan fingerprint density at radius 3 is 2.38 bits per heavy atom. The standard InChI is InChI=1S/C18H27N2O8P/c1-2-3-9-15(17(23)20-12-16(21)22)28-29(26,11-10-14(19)18(24)25)27-13-7-5-4-6-8-13/h4-8,14-15H,2-3,9-12,19H2,1H3,(H,20,23)(H,21,22)(H,24,25)/t14?,15-,29-/m0/s1. The molecule has 0 aromatic heterocycles. The summed E-state index contributed by atoms with van der Waals surface area (Å²) in [6.07, 6.45) is -0.272. The van der Waals surface area contributed by atoms with Gasteiger partial charge in [0.05, 0.1) is 6.16 Å². The molecule has 162 valence electrons. The van der Waals surface area contributed by atoms with Gasteiger partial charge in [0.15, 0.2) is 0 Å². The Morgan fingerprint density at radius 1 is 1.17 bits per heavy atom. The van der Waals surface area contributed by atoms with Crippen LogP contribution in [0.25, 0.3) is 0 Å². The highest BCUT2D eigenvalue weighted by Crippen LogP contribution is 2.50. The van der Waals surface area contributed by atoms with E-state index in [-0.39, 0.29) is 24.8 Å². The number of unbranched alkanes of at least 4 members (excludes halogenated alkanes) is 1. The molecule has 0 radical (unpaired) electrons. The molecule has 1 aromatic rings. The summed E-state index contributed by atoms with van der Waals surface area (Å²) in [5.74, 6) is -3.01. The van der Waals surface area contributed by atoms with Crippen molar-refractivity contribution in [2.75, 3.05) is 12.7 Å². The fraction of sp³-hybridized carbons (Fsp3) is 0.500. The van der Waals surface area contributed by atoms with Gasteiger partial charge >= 0.3 is 19.5 Å². The van der Waals surface area contributed by atoms with Crippen LogP contribution in [-0.4, -0.2) is 52.9 Å². The van der Waals surface area contributed by atoms with Crippen molar-refractivity contribution in [2.24, 2.45) is 5.73 Å². The molecular weight excluding hydrogens is 403 g/mol. The largest absolute Gasteiger partial charge is 0.480 e. The smallest absolute Gasteiger partial charge is 0.380 e. The zero-order valence-corrected chi connectivity index (χ0v) is 17.0. The number of carboxylic acids is 2. The minimum atomic E-state index is -3.98. The van der Waals surface area contributed by atoms with Crippen molar-refractivity contribution in [1.29, 1.82) is 0 Å². The van der Waals surface area contributed by atoms with Crippen molar-refractivity contribution in [3.05, 3.63) is 30.3 Å². The number of hydrogen-bond donors (Lipinski definition) is 4. The van der Waals surface area contributed by atoms with E-state index in [1.54, 1.807) is 30.3 Å². The summed E-state index contributed by atoms with van der Waals surface area (Å²) in [5.41, 5.74) is 5.49. The van der Waals surface area contributed by atoms with Crippen LogP contribution < -0.4 is 15.6 Å². The second-order valence-electron chi connectivity index (χ2n) is 6.32. The van der Waals surface area contributed by atoms with E-state index in [1.165, 1.54) is 0 Å². The number of carbonyl (C=O) groups is 3. The maximum atomic E-state index is 13.3. The molecule has 0 fully saturated rings. The van der Waals surface area contributed by atoms with Crippen molar-refractivity contribution in [2.45, 2.75) is 44.8 Å². The van der Waals surface area contributed by atoms with Crippen molar-refractivity contribution in [3.63, 3.8) is 0 Å². The zero-order valence-electron chi connectivity index (χ0n) is 16.2. The average molecular weight is 430 g/mol. The minimum absolute atomic E-state index is 0.190. The quantitative estimate of drug-likeness (QED) is 0.322. The molecule has 0 aliphatic carbocycles. The third-order valence-electron chi connectivity index (χ3n) is 3.83. The van der Waals surface area contributed by atoms with Crippen molar-refractivity contribution >= 4 is 25.4 Å². The summed E-state index contributed by atoms with van der Waals surface area (Å²) in [5, 5.41) is 19.9. The Hall–Kier alpha value is -2.42. The van der Waals surface area contributed by atoms with Crippen LogP contribution in [-0.2, 0) is 23.5 Å². The molecule has 1 unspecified atom stereocenters. The van der Waals surface area contributed by atoms with Crippen LogP contribution in [0, 0.1) is 0 Å². The first-order valence-corrected chi connectivity index (χ1v) is 10.9. The van der Waals surface area contributed by atoms with Crippen LogP contribution >= 0.6 is 7.60 Å². The first kappa shape index (κ1) is 24.6. The van der Waals surface area contributed by atoms with Gasteiger partial charge in [0.1, 0.15) is 24.4 Å². The third-order valence-corrected chi connectivity index (χ3v) is 5.70. The van der Waals surface area contributed by atoms with Gasteiger partial charge in [0.25, 0.3) is 0 Å². The van der Waals surface area contributed by atoms with E-state index < -0.39 is 44.1 Å². The number of carboxylic acid groups (broad SMARTS) is 2. The minimum Gasteiger partial charge on any atom is -0.480 e. The number of nitrogens with two attached hydrogens (primary N) is 1. The van der Waals surface area contributed by atoms with Gasteiger partial charge in [-0.25, -0.2) is 4.57 Å². The Bertz CT molecular complexity index is 728. The second kappa shape index (κ2) is 12.2. The third kappa shape index (κ3) is 9.56. The zero-order chi connectivity index (χ0) is 21.9. The van der Waals surface area contributed by atoms with Crippen molar-refractivity contribution in [1.82, 2.24) is 5.32 Å². The molecule has 0 aliphatic heterocycles. The van der Waals surface area contributed by atoms with E-state index >= 15 is 0 Å². The normalized spacial score (nSPS) is 15.0. The highest BCUT2D eigenvalue weighted by Gasteiger charge is 2.34.